The second kappa shape index (κ2) is 71.1. The molecule has 0 bridgehead atoms. The maximum atomic E-state index is 12.5. The van der Waals surface area contributed by atoms with Crippen molar-refractivity contribution in [2.24, 2.45) is 0 Å². The SMILES string of the molecule is CCCCCCCCCCCCCCCCC(=O)OCCCCCCCCCCCCCCCCCC/C=C\CCCCCCCCCCCCCCCCCCCC(=O)NC(CO)C(O)CCCCCCCCCCCCCCC. The molecule has 0 aliphatic rings. The second-order valence-corrected chi connectivity index (χ2v) is 26.0. The van der Waals surface area contributed by atoms with Gasteiger partial charge in [0.05, 0.1) is 25.4 Å². The number of hydrogen-bond donors (Lipinski definition) is 3. The molecule has 0 saturated carbocycles. The summed E-state index contributed by atoms with van der Waals surface area (Å²) in [6, 6.07) is -0.537. The van der Waals surface area contributed by atoms with E-state index in [0.29, 0.717) is 25.9 Å². The molecule has 6 nitrogen and oxygen atoms in total. The highest BCUT2D eigenvalue weighted by atomic mass is 16.5. The minimum atomic E-state index is -0.660. The van der Waals surface area contributed by atoms with Gasteiger partial charge in [0.1, 0.15) is 0 Å². The van der Waals surface area contributed by atoms with Crippen molar-refractivity contribution in [3.8, 4) is 0 Å². The van der Waals surface area contributed by atoms with Gasteiger partial charge in [-0.15, -0.1) is 0 Å². The molecule has 0 rings (SSSR count). The topological polar surface area (TPSA) is 95.9 Å². The molecule has 2 unspecified atom stereocenters. The summed E-state index contributed by atoms with van der Waals surface area (Å²) >= 11 is 0. The van der Waals surface area contributed by atoms with Crippen LogP contribution in [0.25, 0.3) is 0 Å². The van der Waals surface area contributed by atoms with Gasteiger partial charge in [-0.1, -0.05) is 379 Å². The highest BCUT2D eigenvalue weighted by molar-refractivity contribution is 5.76. The number of carbonyl (C=O) groups is 2. The van der Waals surface area contributed by atoms with Crippen LogP contribution in [0.1, 0.15) is 431 Å². The molecular weight excluding hydrogens is 995 g/mol. The summed E-state index contributed by atoms with van der Waals surface area (Å²) in [5.41, 5.74) is 0. The Morgan fingerprint density at radius 2 is 0.580 bits per heavy atom. The number of rotatable bonds is 71. The van der Waals surface area contributed by atoms with Crippen LogP contribution in [0.2, 0.25) is 0 Å². The molecule has 3 N–H and O–H groups in total. The Bertz CT molecular complexity index is 1220. The van der Waals surface area contributed by atoms with E-state index in [0.717, 1.165) is 38.5 Å². The van der Waals surface area contributed by atoms with Crippen molar-refractivity contribution in [3.05, 3.63) is 12.2 Å². The fourth-order valence-electron chi connectivity index (χ4n) is 12.1. The maximum Gasteiger partial charge on any atom is 0.305 e. The van der Waals surface area contributed by atoms with Crippen molar-refractivity contribution in [1.29, 1.82) is 0 Å². The van der Waals surface area contributed by atoms with E-state index >= 15 is 0 Å². The van der Waals surface area contributed by atoms with E-state index < -0.39 is 12.1 Å². The van der Waals surface area contributed by atoms with Gasteiger partial charge < -0.3 is 20.3 Å². The number of carbonyl (C=O) groups excluding carboxylic acids is 2. The van der Waals surface area contributed by atoms with Gasteiger partial charge in [0, 0.05) is 12.8 Å². The Morgan fingerprint density at radius 1 is 0.333 bits per heavy atom. The number of hydrogen-bond acceptors (Lipinski definition) is 5. The maximum absolute atomic E-state index is 12.5. The lowest BCUT2D eigenvalue weighted by molar-refractivity contribution is -0.143. The molecule has 0 aliphatic carbocycles. The molecule has 0 aliphatic heterocycles. The minimum absolute atomic E-state index is 0.0246. The lowest BCUT2D eigenvalue weighted by atomic mass is 10.0. The number of esters is 1. The Balaban J connectivity index is 3.30. The number of allylic oxidation sites excluding steroid dienone is 2. The van der Waals surface area contributed by atoms with Crippen molar-refractivity contribution < 1.29 is 24.5 Å². The molecule has 0 saturated heterocycles. The van der Waals surface area contributed by atoms with Crippen molar-refractivity contribution in [3.63, 3.8) is 0 Å². The van der Waals surface area contributed by atoms with E-state index in [1.807, 2.05) is 0 Å². The van der Waals surface area contributed by atoms with Gasteiger partial charge in [0.25, 0.3) is 0 Å². The first-order valence-corrected chi connectivity index (χ1v) is 37.4. The molecule has 0 aromatic heterocycles. The monoisotopic (exact) mass is 1140 g/mol. The van der Waals surface area contributed by atoms with Crippen molar-refractivity contribution >= 4 is 11.9 Å². The normalized spacial score (nSPS) is 12.5. The van der Waals surface area contributed by atoms with Crippen LogP contribution >= 0.6 is 0 Å². The first-order chi connectivity index (χ1) is 40.0. The summed E-state index contributed by atoms with van der Waals surface area (Å²) in [5, 5.41) is 23.3. The molecule has 0 aromatic carbocycles. The molecule has 0 heterocycles. The van der Waals surface area contributed by atoms with E-state index in [9.17, 15) is 19.8 Å². The molecule has 6 heteroatoms. The molecular formula is C75H147NO5. The number of nitrogens with one attached hydrogen (secondary N) is 1. The lowest BCUT2D eigenvalue weighted by Crippen LogP contribution is -2.45. The predicted octanol–water partition coefficient (Wildman–Crippen LogP) is 24.3. The van der Waals surface area contributed by atoms with Gasteiger partial charge in [-0.2, -0.15) is 0 Å². The summed E-state index contributed by atoms with van der Waals surface area (Å²) in [6.07, 6.45) is 88.7. The van der Waals surface area contributed by atoms with Crippen molar-refractivity contribution in [2.75, 3.05) is 13.2 Å². The molecule has 0 radical (unpaired) electrons. The van der Waals surface area contributed by atoms with E-state index in [1.165, 1.54) is 360 Å². The number of unbranched alkanes of at least 4 members (excludes halogenated alkanes) is 58. The summed E-state index contributed by atoms with van der Waals surface area (Å²) in [4.78, 5) is 24.6. The average molecular weight is 1140 g/mol. The largest absolute Gasteiger partial charge is 0.466 e. The van der Waals surface area contributed by atoms with E-state index in [1.54, 1.807) is 0 Å². The van der Waals surface area contributed by atoms with Crippen molar-refractivity contribution in [1.82, 2.24) is 5.32 Å². The van der Waals surface area contributed by atoms with E-state index in [2.05, 4.69) is 31.3 Å². The molecule has 2 atom stereocenters. The Hall–Kier alpha value is -1.40. The number of ether oxygens (including phenoxy) is 1. The standard InChI is InChI=1S/C75H147NO5/c1-3-5-7-9-11-13-15-17-45-49-53-57-61-65-69-75(80)81-70-66-62-58-54-50-46-42-40-38-36-34-32-30-28-26-24-22-20-18-19-21-23-25-27-29-31-33-35-37-39-41-44-48-52-56-60-64-68-74(79)76-72(71-77)73(78)67-63-59-55-51-47-43-16-14-12-10-8-6-4-2/h18,20,72-73,77-78H,3-17,19,21-71H2,1-2H3,(H,76,79)/b20-18-. The third kappa shape index (κ3) is 67.6. The average Bonchev–Trinajstić information content (AvgIpc) is 3.47. The van der Waals surface area contributed by atoms with Crippen LogP contribution in [-0.2, 0) is 14.3 Å². The Labute approximate surface area is 508 Å². The third-order valence-corrected chi connectivity index (χ3v) is 17.8. The van der Waals surface area contributed by atoms with Crippen LogP contribution in [0.4, 0.5) is 0 Å². The van der Waals surface area contributed by atoms with Crippen LogP contribution < -0.4 is 5.32 Å². The summed E-state index contributed by atoms with van der Waals surface area (Å²) in [7, 11) is 0. The summed E-state index contributed by atoms with van der Waals surface area (Å²) in [6.45, 7) is 4.99. The van der Waals surface area contributed by atoms with Crippen LogP contribution in [0.3, 0.4) is 0 Å². The van der Waals surface area contributed by atoms with Crippen molar-refractivity contribution in [2.45, 2.75) is 443 Å². The smallest absolute Gasteiger partial charge is 0.305 e. The fraction of sp³-hybridized carbons (Fsp3) is 0.947. The zero-order valence-electron chi connectivity index (χ0n) is 55.3. The van der Waals surface area contributed by atoms with Gasteiger partial charge >= 0.3 is 5.97 Å². The minimum Gasteiger partial charge on any atom is -0.466 e. The number of aliphatic hydroxyl groups is 2. The van der Waals surface area contributed by atoms with E-state index in [-0.39, 0.29) is 18.5 Å². The second-order valence-electron chi connectivity index (χ2n) is 26.0. The van der Waals surface area contributed by atoms with Crippen LogP contribution in [-0.4, -0.2) is 47.4 Å². The van der Waals surface area contributed by atoms with Crippen LogP contribution in [0.15, 0.2) is 12.2 Å². The first kappa shape index (κ1) is 79.6. The van der Waals surface area contributed by atoms with Gasteiger partial charge in [-0.25, -0.2) is 0 Å². The summed E-state index contributed by atoms with van der Waals surface area (Å²) < 4.78 is 5.50. The fourth-order valence-corrected chi connectivity index (χ4v) is 12.1. The molecule has 0 spiro atoms. The Kier molecular flexibility index (Phi) is 69.9. The van der Waals surface area contributed by atoms with Crippen LogP contribution in [0.5, 0.6) is 0 Å². The molecule has 81 heavy (non-hydrogen) atoms. The molecule has 0 fully saturated rings. The molecule has 1 amide bonds. The highest BCUT2D eigenvalue weighted by Crippen LogP contribution is 2.20. The highest BCUT2D eigenvalue weighted by Gasteiger charge is 2.20. The van der Waals surface area contributed by atoms with Gasteiger partial charge in [0.2, 0.25) is 5.91 Å². The van der Waals surface area contributed by atoms with Gasteiger partial charge in [0.15, 0.2) is 0 Å². The zero-order valence-corrected chi connectivity index (χ0v) is 55.3. The van der Waals surface area contributed by atoms with E-state index in [4.69, 9.17) is 4.74 Å². The molecule has 482 valence electrons. The van der Waals surface area contributed by atoms with Crippen LogP contribution in [0, 0.1) is 0 Å². The Morgan fingerprint density at radius 3 is 0.877 bits per heavy atom. The predicted molar refractivity (Wildman–Crippen MR) is 357 cm³/mol. The number of aliphatic hydroxyl groups excluding tert-OH is 2. The third-order valence-electron chi connectivity index (χ3n) is 17.8. The first-order valence-electron chi connectivity index (χ1n) is 37.4. The van der Waals surface area contributed by atoms with Gasteiger partial charge in [-0.3, -0.25) is 9.59 Å². The lowest BCUT2D eigenvalue weighted by Gasteiger charge is -2.22. The number of amides is 1. The quantitative estimate of drug-likeness (QED) is 0.0320. The zero-order chi connectivity index (χ0) is 58.5. The summed E-state index contributed by atoms with van der Waals surface area (Å²) in [5.74, 6) is -0.00363. The molecule has 0 aromatic rings. The van der Waals surface area contributed by atoms with Gasteiger partial charge in [-0.05, 0) is 51.4 Å².